The van der Waals surface area contributed by atoms with Crippen LogP contribution in [0, 0.1) is 6.92 Å². The number of rotatable bonds is 5. The summed E-state index contributed by atoms with van der Waals surface area (Å²) in [4.78, 5) is 12.6. The van der Waals surface area contributed by atoms with Crippen LogP contribution in [-0.2, 0) is 6.61 Å². The average molecular weight is 372 g/mol. The van der Waals surface area contributed by atoms with Crippen LogP contribution in [0.5, 0.6) is 17.2 Å². The van der Waals surface area contributed by atoms with Crippen LogP contribution in [0.25, 0.3) is 6.08 Å². The molecule has 0 saturated heterocycles. The van der Waals surface area contributed by atoms with Crippen LogP contribution >= 0.6 is 0 Å². The molecule has 0 unspecified atom stereocenters. The summed E-state index contributed by atoms with van der Waals surface area (Å²) >= 11 is 0. The quantitative estimate of drug-likeness (QED) is 0.578. The normalized spacial score (nSPS) is 13.9. The maximum absolute atomic E-state index is 12.6. The van der Waals surface area contributed by atoms with Gasteiger partial charge >= 0.3 is 0 Å². The highest BCUT2D eigenvalue weighted by molar-refractivity contribution is 6.14. The van der Waals surface area contributed by atoms with E-state index in [1.165, 1.54) is 5.56 Å². The molecule has 4 heteroatoms. The lowest BCUT2D eigenvalue weighted by molar-refractivity contribution is 0.101. The number of hydrogen-bond acceptors (Lipinski definition) is 4. The molecule has 0 radical (unpaired) electrons. The molecule has 0 amide bonds. The summed E-state index contributed by atoms with van der Waals surface area (Å²) in [6.45, 7) is 2.51. The molecular weight excluding hydrogens is 352 g/mol. The number of hydrogen-bond donors (Lipinski definition) is 0. The number of allylic oxidation sites excluding steroid dienone is 1. The predicted octanol–water partition coefficient (Wildman–Crippen LogP) is 5.20. The highest BCUT2D eigenvalue weighted by Crippen LogP contribution is 2.35. The van der Waals surface area contributed by atoms with Crippen LogP contribution in [0.3, 0.4) is 0 Å². The van der Waals surface area contributed by atoms with Gasteiger partial charge in [0.15, 0.2) is 5.76 Å². The minimum absolute atomic E-state index is 0.129. The Morgan fingerprint density at radius 3 is 2.36 bits per heavy atom. The van der Waals surface area contributed by atoms with Crippen molar-refractivity contribution in [3.05, 3.63) is 94.7 Å². The van der Waals surface area contributed by atoms with Gasteiger partial charge in [0.1, 0.15) is 23.9 Å². The van der Waals surface area contributed by atoms with Gasteiger partial charge in [-0.05, 0) is 48.4 Å². The van der Waals surface area contributed by atoms with E-state index in [-0.39, 0.29) is 5.78 Å². The Morgan fingerprint density at radius 1 is 0.929 bits per heavy atom. The molecule has 1 aliphatic heterocycles. The van der Waals surface area contributed by atoms with Crippen molar-refractivity contribution in [1.82, 2.24) is 0 Å². The van der Waals surface area contributed by atoms with Gasteiger partial charge in [0, 0.05) is 6.07 Å². The smallest absolute Gasteiger partial charge is 0.231 e. The highest BCUT2D eigenvalue weighted by Gasteiger charge is 2.27. The molecule has 1 heterocycles. The lowest BCUT2D eigenvalue weighted by atomic mass is 10.1. The molecule has 0 atom stereocenters. The third-order valence-corrected chi connectivity index (χ3v) is 4.58. The Hall–Kier alpha value is -3.53. The Morgan fingerprint density at radius 2 is 1.64 bits per heavy atom. The lowest BCUT2D eigenvalue weighted by Crippen LogP contribution is -1.98. The standard InChI is InChI=1S/C24H20O4/c1-16-3-5-18(6-4-16)15-27-20-11-12-21-22(14-20)28-23(24(21)25)13-17-7-9-19(26-2)10-8-17/h3-14H,15H2,1-2H3. The number of aryl methyl sites for hydroxylation is 1. The molecule has 3 aromatic rings. The second kappa shape index (κ2) is 7.61. The zero-order valence-corrected chi connectivity index (χ0v) is 15.8. The predicted molar refractivity (Wildman–Crippen MR) is 108 cm³/mol. The van der Waals surface area contributed by atoms with Gasteiger partial charge in [-0.2, -0.15) is 0 Å². The van der Waals surface area contributed by atoms with E-state index in [0.29, 0.717) is 29.4 Å². The van der Waals surface area contributed by atoms with E-state index < -0.39 is 0 Å². The lowest BCUT2D eigenvalue weighted by Gasteiger charge is -2.07. The number of Topliss-reactive ketones (excluding diaryl/α,β-unsaturated/α-hetero) is 1. The molecule has 140 valence electrons. The monoisotopic (exact) mass is 372 g/mol. The molecule has 0 N–H and O–H groups in total. The molecule has 0 aromatic heterocycles. The van der Waals surface area contributed by atoms with Crippen molar-refractivity contribution in [2.24, 2.45) is 0 Å². The molecule has 1 aliphatic rings. The van der Waals surface area contributed by atoms with Crippen molar-refractivity contribution in [1.29, 1.82) is 0 Å². The summed E-state index contributed by atoms with van der Waals surface area (Å²) in [6, 6.07) is 20.9. The van der Waals surface area contributed by atoms with Gasteiger partial charge in [0.05, 0.1) is 12.7 Å². The number of methoxy groups -OCH3 is 1. The number of carbonyl (C=O) groups excluding carboxylic acids is 1. The van der Waals surface area contributed by atoms with E-state index in [1.54, 1.807) is 31.4 Å². The van der Waals surface area contributed by atoms with E-state index in [1.807, 2.05) is 36.4 Å². The van der Waals surface area contributed by atoms with Gasteiger partial charge in [-0.25, -0.2) is 0 Å². The fraction of sp³-hybridized carbons (Fsp3) is 0.125. The van der Waals surface area contributed by atoms with Crippen molar-refractivity contribution in [2.45, 2.75) is 13.5 Å². The first kappa shape index (κ1) is 17.9. The van der Waals surface area contributed by atoms with Gasteiger partial charge in [0.25, 0.3) is 0 Å². The van der Waals surface area contributed by atoms with E-state index in [4.69, 9.17) is 14.2 Å². The summed E-state index contributed by atoms with van der Waals surface area (Å²) in [5, 5.41) is 0. The molecule has 0 aliphatic carbocycles. The summed E-state index contributed by atoms with van der Waals surface area (Å²) < 4.78 is 16.8. The number of carbonyl (C=O) groups is 1. The summed E-state index contributed by atoms with van der Waals surface area (Å²) in [7, 11) is 1.62. The molecule has 28 heavy (non-hydrogen) atoms. The maximum atomic E-state index is 12.6. The van der Waals surface area contributed by atoms with E-state index in [9.17, 15) is 4.79 Å². The first-order valence-electron chi connectivity index (χ1n) is 9.03. The van der Waals surface area contributed by atoms with Crippen LogP contribution in [0.15, 0.2) is 72.5 Å². The summed E-state index contributed by atoms with van der Waals surface area (Å²) in [5.41, 5.74) is 3.71. The van der Waals surface area contributed by atoms with E-state index in [0.717, 1.165) is 16.9 Å². The Kier molecular flexibility index (Phi) is 4.85. The number of ether oxygens (including phenoxy) is 3. The van der Waals surface area contributed by atoms with Crippen molar-refractivity contribution in [2.75, 3.05) is 7.11 Å². The first-order valence-corrected chi connectivity index (χ1v) is 9.03. The Bertz CT molecular complexity index is 1030. The molecule has 3 aromatic carbocycles. The molecule has 0 saturated carbocycles. The van der Waals surface area contributed by atoms with Crippen LogP contribution in [0.2, 0.25) is 0 Å². The molecule has 4 nitrogen and oxygen atoms in total. The topological polar surface area (TPSA) is 44.8 Å². The minimum atomic E-state index is -0.129. The molecular formula is C24H20O4. The number of fused-ring (bicyclic) bond motifs is 1. The van der Waals surface area contributed by atoms with Gasteiger partial charge in [-0.1, -0.05) is 42.0 Å². The molecule has 0 fully saturated rings. The molecule has 4 rings (SSSR count). The van der Waals surface area contributed by atoms with Gasteiger partial charge in [-0.3, -0.25) is 4.79 Å². The maximum Gasteiger partial charge on any atom is 0.231 e. The SMILES string of the molecule is COc1ccc(C=C2Oc3cc(OCc4ccc(C)cc4)ccc3C2=O)cc1. The fourth-order valence-electron chi connectivity index (χ4n) is 2.96. The van der Waals surface area contributed by atoms with Gasteiger partial charge in [0.2, 0.25) is 5.78 Å². The average Bonchev–Trinajstić information content (AvgIpc) is 3.03. The van der Waals surface area contributed by atoms with Crippen molar-refractivity contribution < 1.29 is 19.0 Å². The van der Waals surface area contributed by atoms with Gasteiger partial charge < -0.3 is 14.2 Å². The summed E-state index contributed by atoms with van der Waals surface area (Å²) in [6.07, 6.45) is 1.73. The van der Waals surface area contributed by atoms with E-state index >= 15 is 0 Å². The second-order valence-corrected chi connectivity index (χ2v) is 6.65. The highest BCUT2D eigenvalue weighted by atomic mass is 16.5. The van der Waals surface area contributed by atoms with E-state index in [2.05, 4.69) is 19.1 Å². The van der Waals surface area contributed by atoms with Crippen LogP contribution in [0.1, 0.15) is 27.0 Å². The molecule has 0 spiro atoms. The van der Waals surface area contributed by atoms with Crippen LogP contribution in [-0.4, -0.2) is 12.9 Å². The van der Waals surface area contributed by atoms with Crippen molar-refractivity contribution in [3.8, 4) is 17.2 Å². The van der Waals surface area contributed by atoms with Crippen LogP contribution < -0.4 is 14.2 Å². The van der Waals surface area contributed by atoms with Crippen molar-refractivity contribution in [3.63, 3.8) is 0 Å². The Balaban J connectivity index is 1.49. The second-order valence-electron chi connectivity index (χ2n) is 6.65. The number of ketones is 1. The third-order valence-electron chi connectivity index (χ3n) is 4.58. The number of benzene rings is 3. The van der Waals surface area contributed by atoms with Crippen molar-refractivity contribution >= 4 is 11.9 Å². The largest absolute Gasteiger partial charge is 0.497 e. The first-order chi connectivity index (χ1) is 13.6. The zero-order valence-electron chi connectivity index (χ0n) is 15.8. The summed E-state index contributed by atoms with van der Waals surface area (Å²) in [5.74, 6) is 2.12. The third kappa shape index (κ3) is 3.76. The Labute approximate surface area is 164 Å². The molecule has 0 bridgehead atoms. The fourth-order valence-corrected chi connectivity index (χ4v) is 2.96. The zero-order chi connectivity index (χ0) is 19.5. The van der Waals surface area contributed by atoms with Gasteiger partial charge in [-0.15, -0.1) is 0 Å². The van der Waals surface area contributed by atoms with Crippen LogP contribution in [0.4, 0.5) is 0 Å². The minimum Gasteiger partial charge on any atom is -0.497 e.